The van der Waals surface area contributed by atoms with Crippen molar-refractivity contribution in [2.45, 2.75) is 68.5 Å². The highest BCUT2D eigenvalue weighted by Crippen LogP contribution is 2.67. The topological polar surface area (TPSA) is 105 Å². The van der Waals surface area contributed by atoms with Crippen LogP contribution < -0.4 is 5.73 Å². The number of rotatable bonds is 2. The molecule has 2 bridgehead atoms. The van der Waals surface area contributed by atoms with Crippen LogP contribution in [0.1, 0.15) is 44.6 Å². The molecule has 184 valence electrons. The van der Waals surface area contributed by atoms with Crippen LogP contribution >= 0.6 is 0 Å². The van der Waals surface area contributed by atoms with E-state index in [1.165, 1.54) is 11.1 Å². The standard InChI is InChI=1S/C28H33N3O4/c1-26-9-8-16-13-18-23(32)24(33)20(31(2)3)14-27(18)10-11-28(16,35-27)22(26)7-5-17(26)15-4-6-19-21(12-15)34-25(29)30-19/h4-6,8,12-13,20,22-24,32-33H,7,9-11,14H2,1-3H3,(H2,29,30)/t20-,22?,23+,24+,26+,27+,28+/m0/s1. The molecule has 7 atom stereocenters. The first-order valence-electron chi connectivity index (χ1n) is 12.7. The summed E-state index contributed by atoms with van der Waals surface area (Å²) < 4.78 is 12.8. The number of aliphatic hydroxyl groups excluding tert-OH is 2. The number of aliphatic hydroxyl groups is 2. The Balaban J connectivity index is 1.30. The molecule has 0 amide bonds. The second-order valence-corrected chi connectivity index (χ2v) is 11.7. The predicted octanol–water partition coefficient (Wildman–Crippen LogP) is 3.43. The fraction of sp³-hybridized carbons (Fsp3) is 0.536. The Labute approximate surface area is 204 Å². The molecule has 7 nitrogen and oxygen atoms in total. The summed E-state index contributed by atoms with van der Waals surface area (Å²) in [5.74, 6) is 0.305. The molecule has 1 aromatic heterocycles. The lowest BCUT2D eigenvalue weighted by Gasteiger charge is -2.55. The molecule has 2 spiro atoms. The van der Waals surface area contributed by atoms with Crippen molar-refractivity contribution in [3.63, 3.8) is 0 Å². The lowest BCUT2D eigenvalue weighted by atomic mass is 9.58. The molecule has 3 heterocycles. The van der Waals surface area contributed by atoms with Gasteiger partial charge in [-0.1, -0.05) is 31.2 Å². The molecule has 3 aliphatic carbocycles. The van der Waals surface area contributed by atoms with Gasteiger partial charge in [0.05, 0.1) is 17.3 Å². The van der Waals surface area contributed by atoms with Crippen LogP contribution in [0.2, 0.25) is 0 Å². The van der Waals surface area contributed by atoms with Crippen molar-refractivity contribution >= 4 is 22.7 Å². The maximum atomic E-state index is 11.1. The van der Waals surface area contributed by atoms with Gasteiger partial charge in [-0.15, -0.1) is 0 Å². The van der Waals surface area contributed by atoms with Crippen LogP contribution in [0, 0.1) is 11.3 Å². The van der Waals surface area contributed by atoms with E-state index < -0.39 is 17.8 Å². The normalized spacial score (nSPS) is 41.8. The summed E-state index contributed by atoms with van der Waals surface area (Å²) in [6, 6.07) is 6.21. The Hall–Kier alpha value is -2.45. The van der Waals surface area contributed by atoms with E-state index in [0.29, 0.717) is 17.9 Å². The minimum atomic E-state index is -0.903. The lowest BCUT2D eigenvalue weighted by molar-refractivity contribution is -0.161. The number of aromatic nitrogens is 1. The molecular weight excluding hydrogens is 442 g/mol. The van der Waals surface area contributed by atoms with Gasteiger partial charge in [0.2, 0.25) is 0 Å². The minimum Gasteiger partial charge on any atom is -0.424 e. The fourth-order valence-electron chi connectivity index (χ4n) is 8.06. The van der Waals surface area contributed by atoms with E-state index in [2.05, 4.69) is 42.3 Å². The molecular formula is C28H33N3O4. The van der Waals surface area contributed by atoms with E-state index >= 15 is 0 Å². The zero-order valence-electron chi connectivity index (χ0n) is 20.5. The smallest absolute Gasteiger partial charge is 0.292 e. The number of anilines is 1. The van der Waals surface area contributed by atoms with Gasteiger partial charge in [-0.3, -0.25) is 0 Å². The monoisotopic (exact) mass is 475 g/mol. The number of allylic oxidation sites excluding steroid dienone is 3. The van der Waals surface area contributed by atoms with Crippen LogP contribution in [-0.4, -0.2) is 63.6 Å². The Bertz CT molecular complexity index is 1340. The van der Waals surface area contributed by atoms with Crippen molar-refractivity contribution in [2.24, 2.45) is 11.3 Å². The van der Waals surface area contributed by atoms with E-state index in [1.807, 2.05) is 25.1 Å². The zero-order valence-corrected chi connectivity index (χ0v) is 20.5. The van der Waals surface area contributed by atoms with Gasteiger partial charge < -0.3 is 30.0 Å². The van der Waals surface area contributed by atoms with Crippen LogP contribution in [0.25, 0.3) is 16.7 Å². The number of nitrogens with two attached hydrogens (primary N) is 1. The number of hydrogen-bond acceptors (Lipinski definition) is 7. The summed E-state index contributed by atoms with van der Waals surface area (Å²) in [7, 11) is 3.93. The molecule has 4 N–H and O–H groups in total. The number of likely N-dealkylation sites (N-methyl/N-ethyl adjacent to an activating group) is 1. The molecule has 2 aliphatic heterocycles. The molecule has 1 unspecified atom stereocenters. The first kappa shape index (κ1) is 21.8. The summed E-state index contributed by atoms with van der Waals surface area (Å²) in [4.78, 5) is 6.26. The number of hydrogen-bond donors (Lipinski definition) is 3. The van der Waals surface area contributed by atoms with Crippen molar-refractivity contribution in [2.75, 3.05) is 19.8 Å². The van der Waals surface area contributed by atoms with Crippen molar-refractivity contribution in [3.05, 3.63) is 53.1 Å². The number of oxazole rings is 1. The van der Waals surface area contributed by atoms with E-state index in [1.54, 1.807) is 0 Å². The molecule has 7 heteroatoms. The minimum absolute atomic E-state index is 0.0760. The molecule has 7 rings (SSSR count). The van der Waals surface area contributed by atoms with Gasteiger partial charge in [0.15, 0.2) is 5.58 Å². The summed E-state index contributed by atoms with van der Waals surface area (Å²) in [5, 5.41) is 22.0. The Morgan fingerprint density at radius 1 is 1.17 bits per heavy atom. The van der Waals surface area contributed by atoms with Crippen molar-refractivity contribution in [1.82, 2.24) is 9.88 Å². The van der Waals surface area contributed by atoms with Crippen LogP contribution in [0.4, 0.5) is 6.01 Å². The zero-order chi connectivity index (χ0) is 24.3. The second-order valence-electron chi connectivity index (χ2n) is 11.7. The van der Waals surface area contributed by atoms with Crippen molar-refractivity contribution in [1.29, 1.82) is 0 Å². The molecule has 2 fully saturated rings. The van der Waals surface area contributed by atoms with E-state index in [-0.39, 0.29) is 23.1 Å². The second kappa shape index (κ2) is 6.85. The van der Waals surface area contributed by atoms with E-state index in [4.69, 9.17) is 14.9 Å². The van der Waals surface area contributed by atoms with E-state index in [9.17, 15) is 10.2 Å². The highest BCUT2D eigenvalue weighted by Gasteiger charge is 2.67. The maximum Gasteiger partial charge on any atom is 0.292 e. The maximum absolute atomic E-state index is 11.1. The molecule has 0 radical (unpaired) electrons. The molecule has 2 aromatic rings. The first-order valence-corrected chi connectivity index (χ1v) is 12.7. The Kier molecular flexibility index (Phi) is 4.27. The van der Waals surface area contributed by atoms with Gasteiger partial charge in [0, 0.05) is 17.4 Å². The number of benzene rings is 1. The van der Waals surface area contributed by atoms with Gasteiger partial charge in [0.25, 0.3) is 6.01 Å². The van der Waals surface area contributed by atoms with Crippen molar-refractivity contribution < 1.29 is 19.4 Å². The summed E-state index contributed by atoms with van der Waals surface area (Å²) >= 11 is 0. The molecule has 5 aliphatic rings. The summed E-state index contributed by atoms with van der Waals surface area (Å²) in [5.41, 5.74) is 10.8. The highest BCUT2D eigenvalue weighted by atomic mass is 16.5. The summed E-state index contributed by atoms with van der Waals surface area (Å²) in [6.07, 6.45) is 9.51. The van der Waals surface area contributed by atoms with Crippen LogP contribution in [0.5, 0.6) is 0 Å². The molecule has 1 saturated carbocycles. The fourth-order valence-corrected chi connectivity index (χ4v) is 8.06. The van der Waals surface area contributed by atoms with Gasteiger partial charge in [-0.2, -0.15) is 4.98 Å². The number of fused-ring (bicyclic) bond motifs is 2. The first-order chi connectivity index (χ1) is 16.7. The molecule has 1 aromatic carbocycles. The van der Waals surface area contributed by atoms with E-state index in [0.717, 1.165) is 42.3 Å². The molecule has 1 saturated heterocycles. The lowest BCUT2D eigenvalue weighted by Crippen LogP contribution is -2.61. The third kappa shape index (κ3) is 2.67. The van der Waals surface area contributed by atoms with Gasteiger partial charge in [0.1, 0.15) is 11.6 Å². The van der Waals surface area contributed by atoms with Gasteiger partial charge in [-0.25, -0.2) is 0 Å². The average Bonchev–Trinajstić information content (AvgIpc) is 3.47. The van der Waals surface area contributed by atoms with Crippen LogP contribution in [0.15, 0.2) is 52.0 Å². The van der Waals surface area contributed by atoms with Crippen LogP contribution in [-0.2, 0) is 4.74 Å². The SMILES string of the molecule is CN(C)[C@H]1C[C@@]23CC[C@@]4(O2)C(=CC[C@]2(C)C(c5ccc6nc(N)oc6c5)=CCC24)C=C3[C@@H](O)[C@@H]1O. The van der Waals surface area contributed by atoms with Crippen molar-refractivity contribution in [3.8, 4) is 0 Å². The predicted molar refractivity (Wildman–Crippen MR) is 133 cm³/mol. The Morgan fingerprint density at radius 2 is 2.00 bits per heavy atom. The highest BCUT2D eigenvalue weighted by molar-refractivity contribution is 5.83. The van der Waals surface area contributed by atoms with Gasteiger partial charge in [-0.05, 0) is 80.6 Å². The average molecular weight is 476 g/mol. The van der Waals surface area contributed by atoms with Gasteiger partial charge >= 0.3 is 0 Å². The third-order valence-corrected chi connectivity index (χ3v) is 9.81. The summed E-state index contributed by atoms with van der Waals surface area (Å²) in [6.45, 7) is 2.37. The Morgan fingerprint density at radius 3 is 2.80 bits per heavy atom. The quantitative estimate of drug-likeness (QED) is 0.611. The third-order valence-electron chi connectivity index (χ3n) is 9.81. The largest absolute Gasteiger partial charge is 0.424 e. The number of nitrogen functional groups attached to an aromatic ring is 1. The molecule has 35 heavy (non-hydrogen) atoms. The number of ether oxygens (including phenoxy) is 1. The number of nitrogens with zero attached hydrogens (tertiary/aromatic N) is 2. The van der Waals surface area contributed by atoms with Crippen LogP contribution in [0.3, 0.4) is 0 Å².